The van der Waals surface area contributed by atoms with Gasteiger partial charge in [0.05, 0.1) is 4.91 Å². The molecule has 0 saturated carbocycles. The van der Waals surface area contributed by atoms with E-state index in [9.17, 15) is 8.42 Å². The Balaban J connectivity index is 1.56. The first-order chi connectivity index (χ1) is 11.0. The van der Waals surface area contributed by atoms with Gasteiger partial charge in [0.1, 0.15) is 0 Å². The minimum atomic E-state index is -3.36. The highest BCUT2D eigenvalue weighted by atomic mass is 32.2. The van der Waals surface area contributed by atoms with Crippen molar-refractivity contribution < 1.29 is 8.42 Å². The van der Waals surface area contributed by atoms with Gasteiger partial charge in [0.25, 0.3) is 0 Å². The lowest BCUT2D eigenvalue weighted by atomic mass is 9.98. The minimum absolute atomic E-state index is 0.477. The van der Waals surface area contributed by atoms with Gasteiger partial charge >= 0.3 is 0 Å². The predicted molar refractivity (Wildman–Crippen MR) is 93.6 cm³/mol. The van der Waals surface area contributed by atoms with Gasteiger partial charge in [-0.3, -0.25) is 4.90 Å². The molecule has 0 amide bonds. The highest BCUT2D eigenvalue weighted by Crippen LogP contribution is 2.26. The molecule has 1 aliphatic heterocycles. The Morgan fingerprint density at radius 1 is 1.09 bits per heavy atom. The first kappa shape index (κ1) is 16.6. The summed E-state index contributed by atoms with van der Waals surface area (Å²) in [7, 11) is -1.25. The summed E-state index contributed by atoms with van der Waals surface area (Å²) in [4.78, 5) is 5.12. The lowest BCUT2D eigenvalue weighted by Crippen LogP contribution is -2.47. The number of piperazine rings is 1. The molecule has 0 aromatic heterocycles. The Bertz CT molecular complexity index is 677. The van der Waals surface area contributed by atoms with Gasteiger partial charge in [-0.25, -0.2) is 13.1 Å². The predicted octanol–water partition coefficient (Wildman–Crippen LogP) is 1.14. The van der Waals surface area contributed by atoms with Gasteiger partial charge in [-0.15, -0.1) is 0 Å². The summed E-state index contributed by atoms with van der Waals surface area (Å²) in [6, 6.07) is 8.00. The lowest BCUT2D eigenvalue weighted by Gasteiger charge is -2.32. The molecule has 0 bridgehead atoms. The van der Waals surface area contributed by atoms with Crippen LogP contribution in [0.25, 0.3) is 6.08 Å². The van der Waals surface area contributed by atoms with Crippen LogP contribution in [-0.2, 0) is 16.4 Å². The molecule has 126 valence electrons. The van der Waals surface area contributed by atoms with Gasteiger partial charge in [0.2, 0.25) is 10.0 Å². The summed E-state index contributed by atoms with van der Waals surface area (Å²) in [5, 5.41) is 0. The van der Waals surface area contributed by atoms with Crippen LogP contribution in [0, 0.1) is 0 Å². The molecule has 1 N–H and O–H groups in total. The zero-order chi connectivity index (χ0) is 16.3. The smallest absolute Gasteiger partial charge is 0.236 e. The van der Waals surface area contributed by atoms with Crippen molar-refractivity contribution in [3.63, 3.8) is 0 Å². The molecule has 0 spiro atoms. The number of nitrogens with zero attached hydrogens (tertiary/aromatic N) is 2. The number of allylic oxidation sites excluding steroid dienone is 1. The summed E-state index contributed by atoms with van der Waals surface area (Å²) in [6.07, 6.45) is 3.19. The lowest BCUT2D eigenvalue weighted by molar-refractivity contribution is 0.156. The van der Waals surface area contributed by atoms with Gasteiger partial charge in [-0.05, 0) is 37.1 Å². The molecular weight excluding hydrogens is 310 g/mol. The summed E-state index contributed by atoms with van der Waals surface area (Å²) in [5.74, 6) is 0. The van der Waals surface area contributed by atoms with E-state index in [4.69, 9.17) is 0 Å². The summed E-state index contributed by atoms with van der Waals surface area (Å²) in [6.45, 7) is 5.37. The highest BCUT2D eigenvalue weighted by molar-refractivity contribution is 7.93. The topological polar surface area (TPSA) is 52.6 Å². The van der Waals surface area contributed by atoms with E-state index in [2.05, 4.69) is 27.6 Å². The van der Waals surface area contributed by atoms with E-state index in [0.717, 1.165) is 44.7 Å². The Kier molecular flexibility index (Phi) is 5.16. The van der Waals surface area contributed by atoms with Crippen molar-refractivity contribution in [3.8, 4) is 0 Å². The number of likely N-dealkylation sites (N-methyl/N-ethyl adjacent to an activating group) is 1. The van der Waals surface area contributed by atoms with Crippen molar-refractivity contribution in [2.75, 3.05) is 46.3 Å². The van der Waals surface area contributed by atoms with Crippen molar-refractivity contribution >= 4 is 16.1 Å². The SMILES string of the molecule is CN1CCN(CCNS(=O)(=O)C2=Cc3ccccc3CC2)CC1. The van der Waals surface area contributed by atoms with Crippen LogP contribution in [0.3, 0.4) is 0 Å². The van der Waals surface area contributed by atoms with Crippen molar-refractivity contribution in [3.05, 3.63) is 40.3 Å². The fourth-order valence-corrected chi connectivity index (χ4v) is 4.32. The van der Waals surface area contributed by atoms with Crippen molar-refractivity contribution in [2.45, 2.75) is 12.8 Å². The Morgan fingerprint density at radius 3 is 2.61 bits per heavy atom. The van der Waals surface area contributed by atoms with Crippen LogP contribution in [0.4, 0.5) is 0 Å². The molecule has 3 rings (SSSR count). The number of sulfonamides is 1. The molecule has 2 aliphatic rings. The highest BCUT2D eigenvalue weighted by Gasteiger charge is 2.22. The van der Waals surface area contributed by atoms with E-state index < -0.39 is 10.0 Å². The zero-order valence-electron chi connectivity index (χ0n) is 13.7. The molecule has 1 saturated heterocycles. The maximum Gasteiger partial charge on any atom is 0.236 e. The third-order valence-corrected chi connectivity index (χ3v) is 6.27. The maximum atomic E-state index is 12.5. The summed E-state index contributed by atoms with van der Waals surface area (Å²) >= 11 is 0. The van der Waals surface area contributed by atoms with Crippen LogP contribution in [0.5, 0.6) is 0 Å². The molecule has 0 unspecified atom stereocenters. The number of hydrogen-bond acceptors (Lipinski definition) is 4. The molecule has 1 heterocycles. The Hall–Kier alpha value is -1.21. The molecule has 0 atom stereocenters. The first-order valence-electron chi connectivity index (χ1n) is 8.24. The van der Waals surface area contributed by atoms with E-state index in [1.54, 1.807) is 0 Å². The molecule has 1 aromatic carbocycles. The minimum Gasteiger partial charge on any atom is -0.304 e. The second-order valence-electron chi connectivity index (χ2n) is 6.35. The van der Waals surface area contributed by atoms with Gasteiger partial charge in [-0.1, -0.05) is 24.3 Å². The van der Waals surface area contributed by atoms with Crippen molar-refractivity contribution in [1.29, 1.82) is 0 Å². The largest absolute Gasteiger partial charge is 0.304 e. The van der Waals surface area contributed by atoms with Crippen molar-refractivity contribution in [1.82, 2.24) is 14.5 Å². The quantitative estimate of drug-likeness (QED) is 0.877. The number of fused-ring (bicyclic) bond motifs is 1. The number of rotatable bonds is 5. The molecule has 1 aromatic rings. The molecule has 1 fully saturated rings. The van der Waals surface area contributed by atoms with Crippen LogP contribution < -0.4 is 4.72 Å². The van der Waals surface area contributed by atoms with Gasteiger partial charge in [0.15, 0.2) is 0 Å². The molecule has 6 heteroatoms. The fraction of sp³-hybridized carbons (Fsp3) is 0.529. The first-order valence-corrected chi connectivity index (χ1v) is 9.72. The van der Waals surface area contributed by atoms with Gasteiger partial charge in [-0.2, -0.15) is 0 Å². The van der Waals surface area contributed by atoms with Crippen LogP contribution in [-0.4, -0.2) is 64.5 Å². The molecular formula is C17H25N3O2S. The second-order valence-corrected chi connectivity index (χ2v) is 8.17. The van der Waals surface area contributed by atoms with Gasteiger partial charge < -0.3 is 4.90 Å². The number of nitrogens with one attached hydrogen (secondary N) is 1. The molecule has 1 aliphatic carbocycles. The third kappa shape index (κ3) is 4.20. The summed E-state index contributed by atoms with van der Waals surface area (Å²) in [5.41, 5.74) is 2.25. The van der Waals surface area contributed by atoms with E-state index in [0.29, 0.717) is 17.9 Å². The van der Waals surface area contributed by atoms with E-state index in [-0.39, 0.29) is 0 Å². The second kappa shape index (κ2) is 7.13. The van der Waals surface area contributed by atoms with Crippen LogP contribution in [0.2, 0.25) is 0 Å². The number of hydrogen-bond donors (Lipinski definition) is 1. The molecule has 23 heavy (non-hydrogen) atoms. The van der Waals surface area contributed by atoms with Crippen LogP contribution >= 0.6 is 0 Å². The van der Waals surface area contributed by atoms with E-state index in [1.807, 2.05) is 24.3 Å². The maximum absolute atomic E-state index is 12.5. The normalized spacial score (nSPS) is 20.1. The zero-order valence-corrected chi connectivity index (χ0v) is 14.5. The third-order valence-electron chi connectivity index (χ3n) is 4.67. The average Bonchev–Trinajstić information content (AvgIpc) is 2.56. The average molecular weight is 335 g/mol. The van der Waals surface area contributed by atoms with E-state index >= 15 is 0 Å². The monoisotopic (exact) mass is 335 g/mol. The molecule has 5 nitrogen and oxygen atoms in total. The van der Waals surface area contributed by atoms with Crippen LogP contribution in [0.1, 0.15) is 17.5 Å². The summed E-state index contributed by atoms with van der Waals surface area (Å²) < 4.78 is 27.7. The molecule has 0 radical (unpaired) electrons. The van der Waals surface area contributed by atoms with Crippen LogP contribution in [0.15, 0.2) is 29.2 Å². The fourth-order valence-electron chi connectivity index (χ4n) is 3.12. The number of benzene rings is 1. The Labute approximate surface area is 139 Å². The Morgan fingerprint density at radius 2 is 1.83 bits per heavy atom. The standard InChI is InChI=1S/C17H25N3O2S/c1-19-10-12-20(13-11-19)9-8-18-23(21,22)17-7-6-15-4-2-3-5-16(15)14-17/h2-5,14,18H,6-13H2,1H3. The van der Waals surface area contributed by atoms with E-state index in [1.165, 1.54) is 5.56 Å². The van der Waals surface area contributed by atoms with Crippen molar-refractivity contribution in [2.24, 2.45) is 0 Å². The number of aryl methyl sites for hydroxylation is 1. The van der Waals surface area contributed by atoms with Gasteiger partial charge in [0, 0.05) is 39.3 Å².